The minimum absolute atomic E-state index is 0.0173. The SMILES string of the molecule is O=C(O)C1O[C@@H](Oc2ccc(-c3cc(=O)c4c(O)cc(O)cc4o3)cc2)C(O)C(O)[C@@H]1O. The van der Waals surface area contributed by atoms with Gasteiger partial charge in [0.1, 0.15) is 52.3 Å². The van der Waals surface area contributed by atoms with Gasteiger partial charge in [-0.15, -0.1) is 0 Å². The molecule has 6 N–H and O–H groups in total. The first-order valence-electron chi connectivity index (χ1n) is 9.35. The Morgan fingerprint density at radius 1 is 0.938 bits per heavy atom. The molecule has 11 heteroatoms. The van der Waals surface area contributed by atoms with Crippen molar-refractivity contribution in [1.29, 1.82) is 0 Å². The molecular formula is C21H18O11. The molecule has 11 nitrogen and oxygen atoms in total. The van der Waals surface area contributed by atoms with Crippen molar-refractivity contribution in [3.05, 3.63) is 52.7 Å². The van der Waals surface area contributed by atoms with Crippen LogP contribution in [0, 0.1) is 0 Å². The van der Waals surface area contributed by atoms with Gasteiger partial charge in [0.05, 0.1) is 0 Å². The number of fused-ring (bicyclic) bond motifs is 1. The van der Waals surface area contributed by atoms with Crippen molar-refractivity contribution in [2.45, 2.75) is 30.7 Å². The lowest BCUT2D eigenvalue weighted by molar-refractivity contribution is -0.271. The maximum absolute atomic E-state index is 12.4. The number of aromatic hydroxyl groups is 2. The third-order valence-electron chi connectivity index (χ3n) is 5.00. The number of hydrogen-bond acceptors (Lipinski definition) is 10. The van der Waals surface area contributed by atoms with Gasteiger partial charge in [0.2, 0.25) is 6.29 Å². The van der Waals surface area contributed by atoms with Gasteiger partial charge < -0.3 is 44.5 Å². The van der Waals surface area contributed by atoms with E-state index in [1.54, 1.807) is 0 Å². The second-order valence-electron chi connectivity index (χ2n) is 7.19. The van der Waals surface area contributed by atoms with Gasteiger partial charge in [-0.3, -0.25) is 4.79 Å². The summed E-state index contributed by atoms with van der Waals surface area (Å²) in [5.41, 5.74) is -0.107. The van der Waals surface area contributed by atoms with Crippen LogP contribution in [0.25, 0.3) is 22.3 Å². The quantitative estimate of drug-likeness (QED) is 0.320. The molecule has 1 aromatic heterocycles. The number of phenols is 2. The molecule has 0 amide bonds. The average molecular weight is 446 g/mol. The topological polar surface area (TPSA) is 187 Å². The fraction of sp³-hybridized carbons (Fsp3) is 0.238. The Morgan fingerprint density at radius 3 is 2.28 bits per heavy atom. The van der Waals surface area contributed by atoms with Gasteiger partial charge in [0.15, 0.2) is 11.5 Å². The molecule has 2 heterocycles. The minimum atomic E-state index is -1.83. The number of aliphatic carboxylic acids is 1. The zero-order chi connectivity index (χ0) is 23.2. The lowest BCUT2D eigenvalue weighted by Gasteiger charge is -2.38. The first-order chi connectivity index (χ1) is 15.2. The Morgan fingerprint density at radius 2 is 1.62 bits per heavy atom. The Kier molecular flexibility index (Phi) is 5.48. The summed E-state index contributed by atoms with van der Waals surface area (Å²) in [4.78, 5) is 23.5. The summed E-state index contributed by atoms with van der Waals surface area (Å²) in [5.74, 6) is -1.96. The molecule has 3 aromatic rings. The van der Waals surface area contributed by atoms with Crippen LogP contribution < -0.4 is 10.2 Å². The standard InChI is InChI=1S/C21H18O11/c22-9-5-11(23)15-12(24)7-13(31-14(15)6-9)8-1-3-10(4-2-8)30-21-18(27)16(25)17(26)19(32-21)20(28)29/h1-7,16-19,21-23,25-27H,(H,28,29)/t16?,17-,18?,19?,21+/m0/s1. The van der Waals surface area contributed by atoms with E-state index in [9.17, 15) is 35.1 Å². The van der Waals surface area contributed by atoms with Crippen LogP contribution in [-0.4, -0.2) is 67.3 Å². The molecule has 1 saturated heterocycles. The first-order valence-corrected chi connectivity index (χ1v) is 9.35. The molecule has 1 fully saturated rings. The van der Waals surface area contributed by atoms with Gasteiger partial charge in [-0.05, 0) is 24.3 Å². The largest absolute Gasteiger partial charge is 0.508 e. The lowest BCUT2D eigenvalue weighted by atomic mass is 9.99. The van der Waals surface area contributed by atoms with Gasteiger partial charge >= 0.3 is 5.97 Å². The molecule has 168 valence electrons. The van der Waals surface area contributed by atoms with Crippen LogP contribution in [0.1, 0.15) is 0 Å². The van der Waals surface area contributed by atoms with Crippen molar-refractivity contribution in [3.8, 4) is 28.6 Å². The van der Waals surface area contributed by atoms with Crippen LogP contribution in [0.2, 0.25) is 0 Å². The number of benzene rings is 2. The van der Waals surface area contributed by atoms with Gasteiger partial charge in [-0.1, -0.05) is 0 Å². The van der Waals surface area contributed by atoms with Crippen molar-refractivity contribution in [3.63, 3.8) is 0 Å². The van der Waals surface area contributed by atoms with Crippen molar-refractivity contribution >= 4 is 16.9 Å². The van der Waals surface area contributed by atoms with Gasteiger partial charge in [0.25, 0.3) is 0 Å². The Hall–Kier alpha value is -3.64. The molecular weight excluding hydrogens is 428 g/mol. The van der Waals surface area contributed by atoms with Crippen LogP contribution in [-0.2, 0) is 9.53 Å². The van der Waals surface area contributed by atoms with Crippen molar-refractivity contribution in [2.24, 2.45) is 0 Å². The van der Waals surface area contributed by atoms with Crippen LogP contribution in [0.3, 0.4) is 0 Å². The molecule has 3 unspecified atom stereocenters. The summed E-state index contributed by atoms with van der Waals surface area (Å²) >= 11 is 0. The van der Waals surface area contributed by atoms with E-state index in [1.165, 1.54) is 30.3 Å². The van der Waals surface area contributed by atoms with Crippen LogP contribution in [0.5, 0.6) is 17.2 Å². The summed E-state index contributed by atoms with van der Waals surface area (Å²) in [6, 6.07) is 9.22. The maximum Gasteiger partial charge on any atom is 0.335 e. The number of carboxylic acids is 1. The van der Waals surface area contributed by atoms with Crippen molar-refractivity contribution in [1.82, 2.24) is 0 Å². The van der Waals surface area contributed by atoms with Crippen LogP contribution in [0.4, 0.5) is 0 Å². The number of rotatable bonds is 4. The number of hydrogen-bond donors (Lipinski definition) is 6. The third-order valence-corrected chi connectivity index (χ3v) is 5.00. The van der Waals surface area contributed by atoms with E-state index in [4.69, 9.17) is 19.0 Å². The summed E-state index contributed by atoms with van der Waals surface area (Å²) in [6.45, 7) is 0. The highest BCUT2D eigenvalue weighted by Gasteiger charge is 2.48. The fourth-order valence-corrected chi connectivity index (χ4v) is 3.38. The smallest absolute Gasteiger partial charge is 0.335 e. The predicted molar refractivity (Wildman–Crippen MR) is 106 cm³/mol. The summed E-state index contributed by atoms with van der Waals surface area (Å²) in [6.07, 6.45) is -8.70. The number of aliphatic hydroxyl groups excluding tert-OH is 3. The van der Waals surface area contributed by atoms with E-state index < -0.39 is 47.9 Å². The second kappa shape index (κ2) is 8.13. The molecule has 2 aromatic carbocycles. The summed E-state index contributed by atoms with van der Waals surface area (Å²) < 4.78 is 16.1. The lowest BCUT2D eigenvalue weighted by Crippen LogP contribution is -2.61. The van der Waals surface area contributed by atoms with Crippen LogP contribution in [0.15, 0.2) is 51.7 Å². The minimum Gasteiger partial charge on any atom is -0.508 e. The monoisotopic (exact) mass is 446 g/mol. The maximum atomic E-state index is 12.4. The third kappa shape index (κ3) is 3.85. The Balaban J connectivity index is 1.59. The number of carboxylic acid groups (broad SMARTS) is 1. The fourth-order valence-electron chi connectivity index (χ4n) is 3.38. The number of ether oxygens (including phenoxy) is 2. The van der Waals surface area contributed by atoms with Gasteiger partial charge in [0, 0.05) is 23.8 Å². The molecule has 0 radical (unpaired) electrons. The highest BCUT2D eigenvalue weighted by molar-refractivity contribution is 5.86. The van der Waals surface area contributed by atoms with Crippen molar-refractivity contribution in [2.75, 3.05) is 0 Å². The number of phenolic OH excluding ortho intramolecular Hbond substituents is 2. The molecule has 0 saturated carbocycles. The summed E-state index contributed by atoms with van der Waals surface area (Å²) in [5, 5.41) is 58.1. The number of aliphatic hydroxyl groups is 3. The van der Waals surface area contributed by atoms with E-state index in [2.05, 4.69) is 0 Å². The Bertz CT molecular complexity index is 1220. The van der Waals surface area contributed by atoms with Crippen molar-refractivity contribution < 1.29 is 49.3 Å². The van der Waals surface area contributed by atoms with E-state index in [1.807, 2.05) is 0 Å². The normalized spacial score (nSPS) is 25.5. The predicted octanol–water partition coefficient (Wildman–Crippen LogP) is 0.142. The zero-order valence-electron chi connectivity index (χ0n) is 16.2. The highest BCUT2D eigenvalue weighted by Crippen LogP contribution is 2.31. The molecule has 0 bridgehead atoms. The molecule has 32 heavy (non-hydrogen) atoms. The average Bonchev–Trinajstić information content (AvgIpc) is 2.73. The Labute approximate surface area is 178 Å². The molecule has 1 aliphatic heterocycles. The van der Waals surface area contributed by atoms with E-state index in [-0.39, 0.29) is 28.2 Å². The molecule has 0 aliphatic carbocycles. The van der Waals surface area contributed by atoms with E-state index in [0.29, 0.717) is 5.56 Å². The number of carbonyl (C=O) groups is 1. The van der Waals surface area contributed by atoms with Crippen LogP contribution >= 0.6 is 0 Å². The van der Waals surface area contributed by atoms with E-state index in [0.717, 1.165) is 12.1 Å². The molecule has 4 rings (SSSR count). The molecule has 0 spiro atoms. The summed E-state index contributed by atoms with van der Waals surface area (Å²) in [7, 11) is 0. The highest BCUT2D eigenvalue weighted by atomic mass is 16.7. The molecule has 1 aliphatic rings. The van der Waals surface area contributed by atoms with Gasteiger partial charge in [-0.25, -0.2) is 4.79 Å². The molecule has 5 atom stereocenters. The van der Waals surface area contributed by atoms with E-state index >= 15 is 0 Å². The first kappa shape index (κ1) is 21.6. The van der Waals surface area contributed by atoms with Gasteiger partial charge in [-0.2, -0.15) is 0 Å². The second-order valence-corrected chi connectivity index (χ2v) is 7.19. The zero-order valence-corrected chi connectivity index (χ0v) is 16.2.